The molecule has 1 aliphatic rings. The lowest BCUT2D eigenvalue weighted by molar-refractivity contribution is -0.118. The zero-order chi connectivity index (χ0) is 19.1. The highest BCUT2D eigenvalue weighted by Crippen LogP contribution is 2.20. The van der Waals surface area contributed by atoms with Crippen molar-refractivity contribution in [2.75, 3.05) is 18.8 Å². The van der Waals surface area contributed by atoms with Crippen LogP contribution in [0.4, 0.5) is 0 Å². The van der Waals surface area contributed by atoms with Crippen molar-refractivity contribution in [1.82, 2.24) is 10.2 Å². The number of nitrogens with one attached hydrogen (secondary N) is 1. The van der Waals surface area contributed by atoms with Crippen LogP contribution in [-0.4, -0.2) is 35.6 Å². The predicted molar refractivity (Wildman–Crippen MR) is 113 cm³/mol. The molecule has 3 rings (SSSR count). The van der Waals surface area contributed by atoms with E-state index >= 15 is 0 Å². The third-order valence-corrected chi connectivity index (χ3v) is 6.03. The number of nitrogens with zero attached hydrogens (tertiary/aromatic N) is 1. The molecule has 0 bridgehead atoms. The van der Waals surface area contributed by atoms with E-state index in [1.165, 1.54) is 18.2 Å². The van der Waals surface area contributed by atoms with Gasteiger partial charge in [-0.2, -0.15) is 0 Å². The monoisotopic (exact) mass is 446 g/mol. The summed E-state index contributed by atoms with van der Waals surface area (Å²) in [5, 5.41) is 2.93. The lowest BCUT2D eigenvalue weighted by Gasteiger charge is -2.26. The Hall–Kier alpha value is -1.79. The summed E-state index contributed by atoms with van der Waals surface area (Å²) in [6.07, 6.45) is 3.36. The number of likely N-dealkylation sites (tertiary alicyclic amines) is 1. The van der Waals surface area contributed by atoms with Crippen LogP contribution in [0, 0.1) is 0 Å². The summed E-state index contributed by atoms with van der Waals surface area (Å²) in [4.78, 5) is 27.7. The number of amides is 2. The van der Waals surface area contributed by atoms with Gasteiger partial charge < -0.3 is 10.2 Å². The van der Waals surface area contributed by atoms with E-state index in [1.54, 1.807) is 0 Å². The number of piperidine rings is 1. The van der Waals surface area contributed by atoms with Gasteiger partial charge in [0.25, 0.3) is 5.91 Å². The first-order valence-electron chi connectivity index (χ1n) is 9.15. The summed E-state index contributed by atoms with van der Waals surface area (Å²) < 4.78 is 1.02. The fourth-order valence-electron chi connectivity index (χ4n) is 3.03. The van der Waals surface area contributed by atoms with E-state index in [2.05, 4.69) is 21.2 Å². The SMILES string of the molecule is O=C(CSc1ccc(Br)cc1)NCc1cccc(C(=O)N2CCCCC2)c1. The summed E-state index contributed by atoms with van der Waals surface area (Å²) in [7, 11) is 0. The van der Waals surface area contributed by atoms with Crippen molar-refractivity contribution < 1.29 is 9.59 Å². The molecule has 0 unspecified atom stereocenters. The van der Waals surface area contributed by atoms with Gasteiger partial charge in [-0.05, 0) is 61.2 Å². The molecule has 1 aliphatic heterocycles. The minimum atomic E-state index is -0.0179. The number of rotatable bonds is 6. The number of hydrogen-bond acceptors (Lipinski definition) is 3. The first-order valence-corrected chi connectivity index (χ1v) is 10.9. The molecule has 142 valence electrons. The van der Waals surface area contributed by atoms with Crippen molar-refractivity contribution >= 4 is 39.5 Å². The molecule has 4 nitrogen and oxygen atoms in total. The van der Waals surface area contributed by atoms with Gasteiger partial charge in [-0.3, -0.25) is 9.59 Å². The van der Waals surface area contributed by atoms with Crippen LogP contribution in [0.1, 0.15) is 35.2 Å². The first kappa shape index (κ1) is 20.0. The molecule has 2 amide bonds. The zero-order valence-corrected chi connectivity index (χ0v) is 17.5. The van der Waals surface area contributed by atoms with Gasteiger partial charge in [0.1, 0.15) is 0 Å². The quantitative estimate of drug-likeness (QED) is 0.665. The van der Waals surface area contributed by atoms with Crippen LogP contribution < -0.4 is 5.32 Å². The molecule has 27 heavy (non-hydrogen) atoms. The second-order valence-electron chi connectivity index (χ2n) is 6.57. The van der Waals surface area contributed by atoms with Crippen LogP contribution in [0.15, 0.2) is 57.9 Å². The Balaban J connectivity index is 1.49. The van der Waals surface area contributed by atoms with Crippen molar-refractivity contribution in [3.8, 4) is 0 Å². The van der Waals surface area contributed by atoms with Gasteiger partial charge in [0.15, 0.2) is 0 Å². The fraction of sp³-hybridized carbons (Fsp3) is 0.333. The minimum Gasteiger partial charge on any atom is -0.351 e. The van der Waals surface area contributed by atoms with Gasteiger partial charge in [-0.15, -0.1) is 11.8 Å². The Morgan fingerprint density at radius 1 is 1.04 bits per heavy atom. The van der Waals surface area contributed by atoms with E-state index in [4.69, 9.17) is 0 Å². The Morgan fingerprint density at radius 2 is 1.78 bits per heavy atom. The van der Waals surface area contributed by atoms with Gasteiger partial charge in [0.2, 0.25) is 5.91 Å². The summed E-state index contributed by atoms with van der Waals surface area (Å²) in [6, 6.07) is 15.5. The standard InChI is InChI=1S/C21H23BrN2O2S/c22-18-7-9-19(10-8-18)27-15-20(25)23-14-16-5-4-6-17(13-16)21(26)24-11-2-1-3-12-24/h4-10,13H,1-3,11-12,14-15H2,(H,23,25). The lowest BCUT2D eigenvalue weighted by Crippen LogP contribution is -2.35. The van der Waals surface area contributed by atoms with E-state index < -0.39 is 0 Å². The van der Waals surface area contributed by atoms with Crippen LogP contribution in [0.25, 0.3) is 0 Å². The van der Waals surface area contributed by atoms with E-state index in [-0.39, 0.29) is 11.8 Å². The molecule has 0 spiro atoms. The minimum absolute atomic E-state index is 0.0179. The van der Waals surface area contributed by atoms with Crippen molar-refractivity contribution in [3.63, 3.8) is 0 Å². The third-order valence-electron chi connectivity index (χ3n) is 4.49. The Labute approximate surface area is 172 Å². The molecule has 2 aromatic rings. The largest absolute Gasteiger partial charge is 0.351 e. The third kappa shape index (κ3) is 6.11. The molecule has 2 aromatic carbocycles. The molecular weight excluding hydrogens is 424 g/mol. The molecule has 1 heterocycles. The van der Waals surface area contributed by atoms with Crippen LogP contribution in [0.2, 0.25) is 0 Å². The molecular formula is C21H23BrN2O2S. The van der Waals surface area contributed by atoms with Gasteiger partial charge in [-0.1, -0.05) is 28.1 Å². The number of carbonyl (C=O) groups excluding carboxylic acids is 2. The van der Waals surface area contributed by atoms with Gasteiger partial charge in [0, 0.05) is 34.6 Å². The molecule has 0 radical (unpaired) electrons. The number of carbonyl (C=O) groups is 2. The van der Waals surface area contributed by atoms with Crippen molar-refractivity contribution in [1.29, 1.82) is 0 Å². The molecule has 1 saturated heterocycles. The summed E-state index contributed by atoms with van der Waals surface area (Å²) in [5.74, 6) is 0.443. The van der Waals surface area contributed by atoms with Crippen LogP contribution in [0.5, 0.6) is 0 Å². The van der Waals surface area contributed by atoms with Crippen LogP contribution >= 0.6 is 27.7 Å². The summed E-state index contributed by atoms with van der Waals surface area (Å²) in [6.45, 7) is 2.11. The van der Waals surface area contributed by atoms with E-state index in [1.807, 2.05) is 53.4 Å². The molecule has 0 saturated carbocycles. The number of thioether (sulfide) groups is 1. The average molecular weight is 447 g/mol. The van der Waals surface area contributed by atoms with E-state index in [0.29, 0.717) is 17.9 Å². The zero-order valence-electron chi connectivity index (χ0n) is 15.1. The molecule has 6 heteroatoms. The molecule has 0 atom stereocenters. The van der Waals surface area contributed by atoms with Crippen molar-refractivity contribution in [2.45, 2.75) is 30.7 Å². The van der Waals surface area contributed by atoms with E-state index in [9.17, 15) is 9.59 Å². The molecule has 0 aromatic heterocycles. The smallest absolute Gasteiger partial charge is 0.253 e. The second kappa shape index (κ2) is 9.95. The number of hydrogen-bond donors (Lipinski definition) is 1. The van der Waals surface area contributed by atoms with Crippen LogP contribution in [0.3, 0.4) is 0 Å². The number of halogens is 1. The normalized spacial score (nSPS) is 14.0. The summed E-state index contributed by atoms with van der Waals surface area (Å²) in [5.41, 5.74) is 1.65. The highest BCUT2D eigenvalue weighted by molar-refractivity contribution is 9.10. The number of benzene rings is 2. The molecule has 0 aliphatic carbocycles. The Bertz CT molecular complexity index is 789. The maximum atomic E-state index is 12.6. The van der Waals surface area contributed by atoms with Crippen molar-refractivity contribution in [2.24, 2.45) is 0 Å². The topological polar surface area (TPSA) is 49.4 Å². The second-order valence-corrected chi connectivity index (χ2v) is 8.54. The van der Waals surface area contributed by atoms with Gasteiger partial charge in [-0.25, -0.2) is 0 Å². The highest BCUT2D eigenvalue weighted by atomic mass is 79.9. The summed E-state index contributed by atoms with van der Waals surface area (Å²) >= 11 is 4.91. The van der Waals surface area contributed by atoms with E-state index in [0.717, 1.165) is 40.9 Å². The lowest BCUT2D eigenvalue weighted by atomic mass is 10.1. The molecule has 1 fully saturated rings. The maximum Gasteiger partial charge on any atom is 0.253 e. The van der Waals surface area contributed by atoms with Gasteiger partial charge in [0.05, 0.1) is 5.75 Å². The first-order chi connectivity index (χ1) is 13.1. The fourth-order valence-corrected chi connectivity index (χ4v) is 4.02. The molecule has 1 N–H and O–H groups in total. The maximum absolute atomic E-state index is 12.6. The van der Waals surface area contributed by atoms with Gasteiger partial charge >= 0.3 is 0 Å². The highest BCUT2D eigenvalue weighted by Gasteiger charge is 2.18. The average Bonchev–Trinajstić information content (AvgIpc) is 2.72. The van der Waals surface area contributed by atoms with Crippen LogP contribution in [-0.2, 0) is 11.3 Å². The predicted octanol–water partition coefficient (Wildman–Crippen LogP) is 4.48. The Kier molecular flexibility index (Phi) is 7.35. The van der Waals surface area contributed by atoms with Crippen molar-refractivity contribution in [3.05, 3.63) is 64.1 Å². The Morgan fingerprint density at radius 3 is 2.52 bits per heavy atom.